The van der Waals surface area contributed by atoms with E-state index >= 15 is 0 Å². The third kappa shape index (κ3) is 4.46. The molecule has 1 unspecified atom stereocenters. The van der Waals surface area contributed by atoms with E-state index < -0.39 is 11.7 Å². The van der Waals surface area contributed by atoms with E-state index in [0.717, 1.165) is 11.3 Å². The summed E-state index contributed by atoms with van der Waals surface area (Å²) in [5.41, 5.74) is 6.99. The number of nitrogens with zero attached hydrogens (tertiary/aromatic N) is 1. The first-order chi connectivity index (χ1) is 10.2. The van der Waals surface area contributed by atoms with Crippen molar-refractivity contribution in [3.05, 3.63) is 29.8 Å². The third-order valence-corrected chi connectivity index (χ3v) is 3.21. The van der Waals surface area contributed by atoms with Gasteiger partial charge in [-0.3, -0.25) is 4.79 Å². The average molecular weight is 305 g/mol. The number of carbonyl (C=O) groups excluding carboxylic acids is 2. The van der Waals surface area contributed by atoms with Crippen LogP contribution in [0.2, 0.25) is 0 Å². The molecule has 1 heterocycles. The maximum Gasteiger partial charge on any atom is 0.407 e. The summed E-state index contributed by atoms with van der Waals surface area (Å²) < 4.78 is 5.19. The highest BCUT2D eigenvalue weighted by Crippen LogP contribution is 2.22. The Morgan fingerprint density at radius 1 is 1.45 bits per heavy atom. The fourth-order valence-electron chi connectivity index (χ4n) is 2.31. The summed E-state index contributed by atoms with van der Waals surface area (Å²) in [6.07, 6.45) is -0.0856. The zero-order valence-corrected chi connectivity index (χ0v) is 13.3. The minimum Gasteiger partial charge on any atom is -0.444 e. The molecule has 1 aliphatic heterocycles. The second-order valence-corrected chi connectivity index (χ2v) is 6.49. The van der Waals surface area contributed by atoms with Gasteiger partial charge in [-0.1, -0.05) is 12.1 Å². The predicted molar refractivity (Wildman–Crippen MR) is 84.5 cm³/mol. The summed E-state index contributed by atoms with van der Waals surface area (Å²) in [7, 11) is 0. The van der Waals surface area contributed by atoms with E-state index in [1.807, 2.05) is 45.0 Å². The minimum atomic E-state index is -0.524. The van der Waals surface area contributed by atoms with E-state index in [-0.39, 0.29) is 11.9 Å². The van der Waals surface area contributed by atoms with Crippen LogP contribution in [0.1, 0.15) is 32.8 Å². The molecule has 1 saturated heterocycles. The van der Waals surface area contributed by atoms with Gasteiger partial charge in [0, 0.05) is 31.2 Å². The average Bonchev–Trinajstić information content (AvgIpc) is 2.74. The Kier molecular flexibility index (Phi) is 4.71. The van der Waals surface area contributed by atoms with Crippen molar-refractivity contribution in [3.8, 4) is 0 Å². The highest BCUT2D eigenvalue weighted by molar-refractivity contribution is 5.96. The molecule has 0 spiro atoms. The first-order valence-electron chi connectivity index (χ1n) is 7.36. The minimum absolute atomic E-state index is 0.0322. The molecule has 0 bridgehead atoms. The van der Waals surface area contributed by atoms with Crippen molar-refractivity contribution in [1.29, 1.82) is 0 Å². The van der Waals surface area contributed by atoms with E-state index in [0.29, 0.717) is 19.5 Å². The number of nitrogens with one attached hydrogen (secondary N) is 1. The molecule has 120 valence electrons. The Balaban J connectivity index is 1.97. The zero-order chi connectivity index (χ0) is 16.3. The van der Waals surface area contributed by atoms with Crippen LogP contribution in [-0.4, -0.2) is 30.2 Å². The van der Waals surface area contributed by atoms with Crippen LogP contribution in [0.5, 0.6) is 0 Å². The number of alkyl carbamates (subject to hydrolysis) is 1. The molecule has 1 aromatic rings. The lowest BCUT2D eigenvalue weighted by atomic mass is 10.2. The zero-order valence-electron chi connectivity index (χ0n) is 13.3. The number of rotatable bonds is 3. The summed E-state index contributed by atoms with van der Waals surface area (Å²) in [6, 6.07) is 7.39. The third-order valence-electron chi connectivity index (χ3n) is 3.21. The second-order valence-electron chi connectivity index (χ2n) is 6.49. The van der Waals surface area contributed by atoms with Crippen molar-refractivity contribution in [3.63, 3.8) is 0 Å². The summed E-state index contributed by atoms with van der Waals surface area (Å²) in [4.78, 5) is 25.2. The maximum atomic E-state index is 11.9. The standard InChI is InChI=1S/C16H23N3O3/c1-16(2,3)22-15(21)18-9-11-5-4-6-13(7-11)19-10-12(17)8-14(19)20/h4-7,12H,8-10,17H2,1-3H3,(H,18,21). The fraction of sp³-hybridized carbons (Fsp3) is 0.500. The van der Waals surface area contributed by atoms with Crippen LogP contribution in [-0.2, 0) is 16.1 Å². The van der Waals surface area contributed by atoms with E-state index in [9.17, 15) is 9.59 Å². The molecule has 3 N–H and O–H groups in total. The molecule has 2 rings (SSSR count). The van der Waals surface area contributed by atoms with Crippen LogP contribution in [0.3, 0.4) is 0 Å². The molecule has 6 heteroatoms. The monoisotopic (exact) mass is 305 g/mol. The van der Waals surface area contributed by atoms with E-state index in [2.05, 4.69) is 5.32 Å². The number of ether oxygens (including phenoxy) is 1. The summed E-state index contributed by atoms with van der Waals surface area (Å²) in [5.74, 6) is 0.0322. The smallest absolute Gasteiger partial charge is 0.407 e. The predicted octanol–water partition coefficient (Wildman–Crippen LogP) is 1.78. The van der Waals surface area contributed by atoms with Crippen LogP contribution in [0.15, 0.2) is 24.3 Å². The Morgan fingerprint density at radius 2 is 2.18 bits per heavy atom. The first kappa shape index (κ1) is 16.3. The maximum absolute atomic E-state index is 11.9. The van der Waals surface area contributed by atoms with E-state index in [1.54, 1.807) is 4.90 Å². The number of nitrogens with two attached hydrogens (primary N) is 1. The van der Waals surface area contributed by atoms with Gasteiger partial charge in [0.15, 0.2) is 0 Å². The lowest BCUT2D eigenvalue weighted by Crippen LogP contribution is -2.32. The molecule has 1 aliphatic rings. The van der Waals surface area contributed by atoms with Crippen molar-refractivity contribution in [1.82, 2.24) is 5.32 Å². The van der Waals surface area contributed by atoms with Gasteiger partial charge in [0.2, 0.25) is 5.91 Å². The van der Waals surface area contributed by atoms with Gasteiger partial charge in [0.1, 0.15) is 5.60 Å². The quantitative estimate of drug-likeness (QED) is 0.891. The fourth-order valence-corrected chi connectivity index (χ4v) is 2.31. The number of amides is 2. The Bertz CT molecular complexity index is 566. The highest BCUT2D eigenvalue weighted by Gasteiger charge is 2.28. The van der Waals surface area contributed by atoms with Crippen molar-refractivity contribution in [2.24, 2.45) is 5.73 Å². The molecule has 0 aliphatic carbocycles. The summed E-state index contributed by atoms with van der Waals surface area (Å²) in [5, 5.41) is 2.70. The molecular weight excluding hydrogens is 282 g/mol. The van der Waals surface area contributed by atoms with Crippen molar-refractivity contribution < 1.29 is 14.3 Å². The molecule has 0 radical (unpaired) electrons. The summed E-state index contributed by atoms with van der Waals surface area (Å²) in [6.45, 7) is 6.32. The van der Waals surface area contributed by atoms with Gasteiger partial charge in [-0.15, -0.1) is 0 Å². The Hall–Kier alpha value is -2.08. The van der Waals surface area contributed by atoms with E-state index in [4.69, 9.17) is 10.5 Å². The van der Waals surface area contributed by atoms with Crippen molar-refractivity contribution in [2.45, 2.75) is 45.4 Å². The lowest BCUT2D eigenvalue weighted by molar-refractivity contribution is -0.117. The van der Waals surface area contributed by atoms with Crippen molar-refractivity contribution >= 4 is 17.7 Å². The van der Waals surface area contributed by atoms with Crippen LogP contribution in [0, 0.1) is 0 Å². The normalized spacial score (nSPS) is 18.5. The molecule has 1 fully saturated rings. The highest BCUT2D eigenvalue weighted by atomic mass is 16.6. The molecular formula is C16H23N3O3. The number of hydrogen-bond acceptors (Lipinski definition) is 4. The van der Waals surface area contributed by atoms with Crippen LogP contribution < -0.4 is 16.0 Å². The molecule has 2 amide bonds. The number of benzene rings is 1. The van der Waals surface area contributed by atoms with Gasteiger partial charge in [-0.05, 0) is 38.5 Å². The molecule has 6 nitrogen and oxygen atoms in total. The van der Waals surface area contributed by atoms with Gasteiger partial charge in [-0.25, -0.2) is 4.79 Å². The molecule has 1 atom stereocenters. The van der Waals surface area contributed by atoms with Gasteiger partial charge in [-0.2, -0.15) is 0 Å². The van der Waals surface area contributed by atoms with Gasteiger partial charge in [0.05, 0.1) is 0 Å². The number of anilines is 1. The molecule has 0 aromatic heterocycles. The van der Waals surface area contributed by atoms with Gasteiger partial charge in [0.25, 0.3) is 0 Å². The lowest BCUT2D eigenvalue weighted by Gasteiger charge is -2.20. The summed E-state index contributed by atoms with van der Waals surface area (Å²) >= 11 is 0. The van der Waals surface area contributed by atoms with Crippen LogP contribution in [0.4, 0.5) is 10.5 Å². The topological polar surface area (TPSA) is 84.7 Å². The largest absolute Gasteiger partial charge is 0.444 e. The Labute approximate surface area is 130 Å². The second kappa shape index (κ2) is 6.36. The molecule has 1 aromatic carbocycles. The number of carbonyl (C=O) groups is 2. The molecule has 22 heavy (non-hydrogen) atoms. The van der Waals surface area contributed by atoms with Gasteiger partial charge >= 0.3 is 6.09 Å². The van der Waals surface area contributed by atoms with Crippen molar-refractivity contribution in [2.75, 3.05) is 11.4 Å². The van der Waals surface area contributed by atoms with Crippen LogP contribution in [0.25, 0.3) is 0 Å². The Morgan fingerprint density at radius 3 is 2.77 bits per heavy atom. The number of hydrogen-bond donors (Lipinski definition) is 2. The molecule has 0 saturated carbocycles. The van der Waals surface area contributed by atoms with Crippen LogP contribution >= 0.6 is 0 Å². The van der Waals surface area contributed by atoms with E-state index in [1.165, 1.54) is 0 Å². The first-order valence-corrected chi connectivity index (χ1v) is 7.36. The SMILES string of the molecule is CC(C)(C)OC(=O)NCc1cccc(N2CC(N)CC2=O)c1. The van der Waals surface area contributed by atoms with Gasteiger partial charge < -0.3 is 20.7 Å².